The third-order valence-corrected chi connectivity index (χ3v) is 22.2. The van der Waals surface area contributed by atoms with Crippen molar-refractivity contribution in [3.05, 3.63) is 163 Å². The van der Waals surface area contributed by atoms with Gasteiger partial charge in [0.1, 0.15) is 24.5 Å². The number of anilines is 3. The number of rotatable bonds is 27. The number of fused-ring (bicyclic) bond motifs is 3. The van der Waals surface area contributed by atoms with E-state index in [0.29, 0.717) is 162 Å². The summed E-state index contributed by atoms with van der Waals surface area (Å²) in [6, 6.07) is 22.1. The molecule has 3 fully saturated rings. The Morgan fingerprint density at radius 2 is 0.900 bits per heavy atom. The van der Waals surface area contributed by atoms with E-state index in [1.165, 1.54) is 34.0 Å². The van der Waals surface area contributed by atoms with Crippen molar-refractivity contribution in [2.75, 3.05) is 74.9 Å². The number of nitrogens with one attached hydrogen (secondary N) is 6. The molecule has 33 heteroatoms. The van der Waals surface area contributed by atoms with Gasteiger partial charge in [-0.25, -0.2) is 63.6 Å². The largest absolute Gasteiger partial charge is 0.390 e. The first-order valence-corrected chi connectivity index (χ1v) is 38.8. The Kier molecular flexibility index (Phi) is 22.4. The van der Waals surface area contributed by atoms with Gasteiger partial charge in [0.25, 0.3) is 0 Å². The molecule has 566 valence electrons. The molecule has 11 N–H and O–H groups in total. The fourth-order valence-corrected chi connectivity index (χ4v) is 16.6. The van der Waals surface area contributed by atoms with E-state index in [9.17, 15) is 44.3 Å². The predicted octanol–water partition coefficient (Wildman–Crippen LogP) is 10.8. The summed E-state index contributed by atoms with van der Waals surface area (Å²) in [4.78, 5) is 102. The molecule has 110 heavy (non-hydrogen) atoms. The second kappa shape index (κ2) is 32.9. The van der Waals surface area contributed by atoms with Gasteiger partial charge in [-0.2, -0.15) is 0 Å². The Morgan fingerprint density at radius 1 is 0.518 bits per heavy atom. The van der Waals surface area contributed by atoms with Crippen molar-refractivity contribution in [3.8, 4) is 67.2 Å². The number of β-amino-alcohol motifs (C(OH)–C–C–N with tert-alkyl or cyclic N) is 2. The molecule has 4 atom stereocenters. The third kappa shape index (κ3) is 17.8. The summed E-state index contributed by atoms with van der Waals surface area (Å²) in [5.41, 5.74) is 12.7. The van der Waals surface area contributed by atoms with Gasteiger partial charge in [0.05, 0.1) is 59.4 Å². The van der Waals surface area contributed by atoms with E-state index in [-0.39, 0.29) is 49.7 Å². The minimum atomic E-state index is -1.05. The molecule has 3 aromatic carbocycles. The van der Waals surface area contributed by atoms with Crippen molar-refractivity contribution < 1.29 is 44.3 Å². The number of nitrogens with zero attached hydrogens (tertiary/aromatic N) is 15. The summed E-state index contributed by atoms with van der Waals surface area (Å²) in [5, 5.41) is 71.3. The summed E-state index contributed by atoms with van der Waals surface area (Å²) >= 11 is 3.92. The van der Waals surface area contributed by atoms with Crippen LogP contribution in [-0.2, 0) is 19.6 Å². The minimum absolute atomic E-state index is 0.196. The van der Waals surface area contributed by atoms with E-state index >= 15 is 0 Å². The number of hydrogen-bond acceptors (Lipinski definition) is 26. The highest BCUT2D eigenvalue weighted by atomic mass is 32.1. The molecular weight excluding hydrogens is 1460 g/mol. The maximum absolute atomic E-state index is 14.1. The Bertz CT molecular complexity index is 5330. The zero-order valence-corrected chi connectivity index (χ0v) is 62.8. The Balaban J connectivity index is 0.573. The van der Waals surface area contributed by atoms with E-state index in [1.807, 2.05) is 86.6 Å². The van der Waals surface area contributed by atoms with Gasteiger partial charge in [-0.1, -0.05) is 34.0 Å². The highest BCUT2D eigenvalue weighted by molar-refractivity contribution is 7.23. The number of aliphatic hydroxyl groups is 5. The molecule has 12 aromatic rings. The van der Waals surface area contributed by atoms with Crippen LogP contribution in [0.3, 0.4) is 0 Å². The Morgan fingerprint density at radius 3 is 1.26 bits per heavy atom. The standard InChI is InChI=1S/C77H80FN21O8S3/c1-4-79-71(104)94-74-91-60-26-48(24-56(65(60)108-74)59-21-45(11-17-82-59)36-99-40-77(3,107)41-99)51-32-89-70(90-33-51)64(103)8-6-14-84-73(106)96-76-93-62-27-47(23-55(67(62)110-76)58-20-44(10-16-81-58)35-98-38-53(101)39-98)50-30-87-69(88-31-50)63(102)7-5-13-83-72(105)95-75-92-61-25-46(49-28-85-68(42(2)100)86-29-49)22-54(66(61)109-75)57-19-43(9-15-80-57)34-97-18-12-52(78)37-97/h9-11,15-17,19-33,42,52-53,63-64,100-103,107H,4-8,12-14,18,34-41H2,1-3H3,(H2,79,91,94,104)(H2,83,92,95,105)(H2,84,93,96,106)/t42?,52-,63?,64?/m0/s1. The zero-order valence-electron chi connectivity index (χ0n) is 60.3. The monoisotopic (exact) mass is 1540 g/mol. The molecule has 0 saturated carbocycles. The fraction of sp³-hybridized carbons (Fsp3) is 0.338. The summed E-state index contributed by atoms with van der Waals surface area (Å²) in [6.07, 6.45) is 12.7. The first-order valence-electron chi connectivity index (χ1n) is 36.3. The number of pyridine rings is 3. The third-order valence-electron chi connectivity index (χ3n) is 19.1. The number of halogens is 1. The molecule has 29 nitrogen and oxygen atoms in total. The Hall–Kier alpha value is -10.6. The van der Waals surface area contributed by atoms with Crippen LogP contribution >= 0.6 is 34.0 Å². The number of hydrogen-bond donors (Lipinski definition) is 11. The number of urea groups is 3. The number of carbonyl (C=O) groups excluding carboxylic acids is 3. The van der Waals surface area contributed by atoms with Crippen LogP contribution in [0.1, 0.15) is 105 Å². The SMILES string of the molecule is CCNC(=O)Nc1nc2cc(-c3cnc(C(O)CCCNC(=O)Nc4nc5cc(-c6cnc(C(O)CCCNC(=O)Nc7nc8cc(-c9cnc(C(C)O)nc9)cc(-c9cc(CN%10CC[C@H](F)C%10)ccn9)c8s7)nc6)cc(-c6cc(CN7CC(O)C7)ccn6)c5s4)nc3)cc(-c3cc(CN4CC(C)(O)C4)ccn3)c2s1. The molecule has 15 rings (SSSR count). The molecule has 0 radical (unpaired) electrons. The van der Waals surface area contributed by atoms with Crippen molar-refractivity contribution in [1.29, 1.82) is 0 Å². The molecule has 6 amide bonds. The van der Waals surface area contributed by atoms with Gasteiger partial charge < -0.3 is 41.5 Å². The first kappa shape index (κ1) is 74.9. The maximum atomic E-state index is 14.1. The topological polar surface area (TPSA) is 389 Å². The van der Waals surface area contributed by atoms with Crippen LogP contribution in [-0.4, -0.2) is 195 Å². The van der Waals surface area contributed by atoms with Crippen molar-refractivity contribution in [2.24, 2.45) is 0 Å². The number of thiazole rings is 3. The molecule has 9 aromatic heterocycles. The quantitative estimate of drug-likeness (QED) is 0.0213. The molecule has 3 saturated heterocycles. The Labute approximate surface area is 642 Å². The number of likely N-dealkylation sites (tertiary alicyclic amines) is 3. The van der Waals surface area contributed by atoms with Gasteiger partial charge >= 0.3 is 18.1 Å². The van der Waals surface area contributed by atoms with Gasteiger partial charge in [0, 0.05) is 168 Å². The summed E-state index contributed by atoms with van der Waals surface area (Å²) in [5.74, 6) is 0.701. The van der Waals surface area contributed by atoms with Gasteiger partial charge in [-0.05, 0) is 159 Å². The van der Waals surface area contributed by atoms with Crippen LogP contribution in [0, 0.1) is 0 Å². The van der Waals surface area contributed by atoms with Gasteiger partial charge in [0.2, 0.25) is 0 Å². The smallest absolute Gasteiger partial charge is 0.321 e. The molecule has 3 aliphatic rings. The molecule has 12 heterocycles. The summed E-state index contributed by atoms with van der Waals surface area (Å²) in [7, 11) is 0. The van der Waals surface area contributed by atoms with Crippen LogP contribution in [0.2, 0.25) is 0 Å². The maximum Gasteiger partial charge on any atom is 0.321 e. The zero-order chi connectivity index (χ0) is 76.2. The number of benzene rings is 3. The molecule has 0 bridgehead atoms. The lowest BCUT2D eigenvalue weighted by Gasteiger charge is -2.44. The molecular formula is C77H80FN21O8S3. The van der Waals surface area contributed by atoms with E-state index in [4.69, 9.17) is 29.9 Å². The molecule has 3 unspecified atom stereocenters. The number of carbonyl (C=O) groups is 3. The second-order valence-electron chi connectivity index (χ2n) is 28.2. The van der Waals surface area contributed by atoms with E-state index in [2.05, 4.69) is 76.5 Å². The van der Waals surface area contributed by atoms with Crippen LogP contribution < -0.4 is 31.9 Å². The second-order valence-corrected chi connectivity index (χ2v) is 31.2. The van der Waals surface area contributed by atoms with Crippen molar-refractivity contribution in [1.82, 2.24) is 90.5 Å². The lowest BCUT2D eigenvalue weighted by molar-refractivity contribution is -0.0871. The highest BCUT2D eigenvalue weighted by Crippen LogP contribution is 2.43. The van der Waals surface area contributed by atoms with Crippen LogP contribution in [0.5, 0.6) is 0 Å². The molecule has 0 spiro atoms. The lowest BCUT2D eigenvalue weighted by Crippen LogP contribution is -2.59. The van der Waals surface area contributed by atoms with Gasteiger partial charge in [0.15, 0.2) is 32.9 Å². The number of amides is 6. The first-order chi connectivity index (χ1) is 53.2. The van der Waals surface area contributed by atoms with Crippen LogP contribution in [0.4, 0.5) is 34.2 Å². The van der Waals surface area contributed by atoms with Crippen molar-refractivity contribution in [3.63, 3.8) is 0 Å². The van der Waals surface area contributed by atoms with Gasteiger partial charge in [-0.15, -0.1) is 0 Å². The number of aliphatic hydroxyl groups excluding tert-OH is 4. The normalized spacial score (nSPS) is 16.2. The number of aromatic nitrogens is 12. The van der Waals surface area contributed by atoms with Gasteiger partial charge in [-0.3, -0.25) is 45.6 Å². The van der Waals surface area contributed by atoms with E-state index < -0.39 is 42.1 Å². The van der Waals surface area contributed by atoms with Crippen LogP contribution in [0.25, 0.3) is 97.8 Å². The van der Waals surface area contributed by atoms with E-state index in [0.717, 1.165) is 58.6 Å². The van der Waals surface area contributed by atoms with E-state index in [1.54, 1.807) is 62.7 Å². The average Bonchev–Trinajstić information content (AvgIpc) is 1.57. The number of alkyl halides is 1. The van der Waals surface area contributed by atoms with Crippen molar-refractivity contribution >= 4 is 98.1 Å². The van der Waals surface area contributed by atoms with Crippen LogP contribution in [0.15, 0.2) is 129 Å². The molecule has 0 aliphatic carbocycles. The summed E-state index contributed by atoms with van der Waals surface area (Å²) < 4.78 is 16.5. The molecule has 3 aliphatic heterocycles. The highest BCUT2D eigenvalue weighted by Gasteiger charge is 2.36. The average molecular weight is 1540 g/mol. The summed E-state index contributed by atoms with van der Waals surface area (Å²) in [6.45, 7) is 11.3. The minimum Gasteiger partial charge on any atom is -0.390 e. The predicted molar refractivity (Wildman–Crippen MR) is 419 cm³/mol. The fourth-order valence-electron chi connectivity index (χ4n) is 13.8. The lowest BCUT2D eigenvalue weighted by atomic mass is 9.96. The van der Waals surface area contributed by atoms with Crippen molar-refractivity contribution in [2.45, 2.75) is 109 Å².